The van der Waals surface area contributed by atoms with Crippen LogP contribution >= 0.6 is 0 Å². The second-order valence-electron chi connectivity index (χ2n) is 10.2. The number of nitrogens with one attached hydrogen (secondary N) is 1. The first-order valence-corrected chi connectivity index (χ1v) is 13.3. The van der Waals surface area contributed by atoms with Gasteiger partial charge in [0.25, 0.3) is 0 Å². The van der Waals surface area contributed by atoms with Gasteiger partial charge in [-0.15, -0.1) is 0 Å². The molecule has 1 aromatic carbocycles. The zero-order valence-electron chi connectivity index (χ0n) is 21.4. The van der Waals surface area contributed by atoms with Crippen molar-refractivity contribution in [2.75, 3.05) is 75.8 Å². The summed E-state index contributed by atoms with van der Waals surface area (Å²) in [5, 5.41) is 1.11. The highest BCUT2D eigenvalue weighted by Gasteiger charge is 2.34. The van der Waals surface area contributed by atoms with E-state index >= 15 is 0 Å². The van der Waals surface area contributed by atoms with Crippen LogP contribution in [0.25, 0.3) is 22.3 Å². The smallest absolute Gasteiger partial charge is 0.225 e. The number of ether oxygens (including phenoxy) is 1. The minimum absolute atomic E-state index is 0.290. The third-order valence-electron chi connectivity index (χ3n) is 8.03. The van der Waals surface area contributed by atoms with E-state index in [-0.39, 0.29) is 0 Å². The zero-order chi connectivity index (χ0) is 24.6. The first-order valence-electron chi connectivity index (χ1n) is 13.3. The Bertz CT molecular complexity index is 1240. The maximum atomic E-state index is 12.5. The van der Waals surface area contributed by atoms with E-state index in [4.69, 9.17) is 4.74 Å². The Morgan fingerprint density at radius 3 is 2.44 bits per heavy atom. The predicted octanol–water partition coefficient (Wildman–Crippen LogP) is 3.44. The highest BCUT2D eigenvalue weighted by Crippen LogP contribution is 2.37. The van der Waals surface area contributed by atoms with E-state index in [1.165, 1.54) is 11.4 Å². The number of piperazine rings is 2. The van der Waals surface area contributed by atoms with Crippen LogP contribution in [0.2, 0.25) is 0 Å². The lowest BCUT2D eigenvalue weighted by Crippen LogP contribution is -2.49. The number of anilines is 2. The van der Waals surface area contributed by atoms with Gasteiger partial charge < -0.3 is 29.3 Å². The normalized spacial score (nSPS) is 19.2. The van der Waals surface area contributed by atoms with Crippen LogP contribution in [0.3, 0.4) is 0 Å². The molecule has 0 radical (unpaired) electrons. The third kappa shape index (κ3) is 4.39. The molecule has 1 aliphatic carbocycles. The summed E-state index contributed by atoms with van der Waals surface area (Å²) in [6.45, 7) is 10.9. The summed E-state index contributed by atoms with van der Waals surface area (Å²) in [5.74, 6) is 1.51. The van der Waals surface area contributed by atoms with Gasteiger partial charge in [-0.3, -0.25) is 4.79 Å². The lowest BCUT2D eigenvalue weighted by Gasteiger charge is -2.36. The van der Waals surface area contributed by atoms with Crippen molar-refractivity contribution in [1.29, 1.82) is 0 Å². The van der Waals surface area contributed by atoms with E-state index in [2.05, 4.69) is 61.9 Å². The summed E-state index contributed by atoms with van der Waals surface area (Å²) in [4.78, 5) is 30.0. The van der Waals surface area contributed by atoms with Gasteiger partial charge in [-0.1, -0.05) is 6.92 Å². The van der Waals surface area contributed by atoms with Crippen LogP contribution in [0.1, 0.15) is 19.8 Å². The second kappa shape index (κ2) is 9.65. The molecular weight excluding hydrogens is 452 g/mol. The van der Waals surface area contributed by atoms with Gasteiger partial charge in [0.15, 0.2) is 0 Å². The topological polar surface area (TPSA) is 67.9 Å². The molecule has 3 aromatic rings. The van der Waals surface area contributed by atoms with Crippen LogP contribution in [-0.2, 0) is 4.79 Å². The molecule has 36 heavy (non-hydrogen) atoms. The average Bonchev–Trinajstić information content (AvgIpc) is 3.70. The molecule has 190 valence electrons. The lowest BCUT2D eigenvalue weighted by molar-refractivity contribution is -0.132. The molecule has 0 bridgehead atoms. The molecule has 1 N–H and O–H groups in total. The zero-order valence-corrected chi connectivity index (χ0v) is 21.4. The SMILES string of the molecule is CCN1CCN(c2ccc(-c3cc4c(N5CCN(C(=O)C6CC6)CC5)ccnc4[nH]3)c(OC)c2)CC1. The van der Waals surface area contributed by atoms with Gasteiger partial charge >= 0.3 is 0 Å². The van der Waals surface area contributed by atoms with E-state index in [0.717, 1.165) is 99.8 Å². The Kier molecular flexibility index (Phi) is 6.21. The number of benzene rings is 1. The van der Waals surface area contributed by atoms with Crippen molar-refractivity contribution >= 4 is 28.3 Å². The standard InChI is InChI=1S/C28H36N6O2/c1-3-31-10-12-32(13-11-31)21-6-7-22(26(18-21)36-2)24-19-23-25(8-9-29-27(23)30-24)33-14-16-34(17-15-33)28(35)20-4-5-20/h6-9,18-20H,3-5,10-17H2,1-2H3,(H,29,30). The molecular formula is C28H36N6O2. The fraction of sp³-hybridized carbons (Fsp3) is 0.500. The van der Waals surface area contributed by atoms with Crippen LogP contribution in [0.4, 0.5) is 11.4 Å². The number of fused-ring (bicyclic) bond motifs is 1. The van der Waals surface area contributed by atoms with Crippen molar-refractivity contribution in [3.63, 3.8) is 0 Å². The van der Waals surface area contributed by atoms with Crippen molar-refractivity contribution < 1.29 is 9.53 Å². The van der Waals surface area contributed by atoms with Crippen molar-refractivity contribution in [1.82, 2.24) is 19.8 Å². The van der Waals surface area contributed by atoms with Crippen LogP contribution in [-0.4, -0.2) is 91.7 Å². The Hall–Kier alpha value is -3.26. The molecule has 8 nitrogen and oxygen atoms in total. The van der Waals surface area contributed by atoms with E-state index in [1.807, 2.05) is 11.1 Å². The number of aromatic amines is 1. The van der Waals surface area contributed by atoms with Crippen molar-refractivity contribution in [3.05, 3.63) is 36.5 Å². The Morgan fingerprint density at radius 2 is 1.75 bits per heavy atom. The number of likely N-dealkylation sites (N-methyl/N-ethyl adjacent to an activating group) is 1. The lowest BCUT2D eigenvalue weighted by atomic mass is 10.1. The minimum atomic E-state index is 0.290. The number of hydrogen-bond donors (Lipinski definition) is 1. The van der Waals surface area contributed by atoms with Gasteiger partial charge in [0, 0.05) is 92.9 Å². The largest absolute Gasteiger partial charge is 0.496 e. The summed E-state index contributed by atoms with van der Waals surface area (Å²) in [6.07, 6.45) is 4.00. The average molecular weight is 489 g/mol. The van der Waals surface area contributed by atoms with Crippen LogP contribution in [0, 0.1) is 5.92 Å². The third-order valence-corrected chi connectivity index (χ3v) is 8.03. The monoisotopic (exact) mass is 488 g/mol. The number of methoxy groups -OCH3 is 1. The van der Waals surface area contributed by atoms with E-state index in [0.29, 0.717) is 11.8 Å². The Labute approximate surface area is 212 Å². The maximum absolute atomic E-state index is 12.5. The van der Waals surface area contributed by atoms with E-state index in [9.17, 15) is 4.79 Å². The number of carbonyl (C=O) groups is 1. The molecule has 0 unspecified atom stereocenters. The molecule has 6 rings (SSSR count). The first kappa shape index (κ1) is 23.2. The second-order valence-corrected chi connectivity index (χ2v) is 10.2. The molecule has 8 heteroatoms. The quantitative estimate of drug-likeness (QED) is 0.573. The minimum Gasteiger partial charge on any atom is -0.496 e. The van der Waals surface area contributed by atoms with Gasteiger partial charge in [-0.25, -0.2) is 4.98 Å². The fourth-order valence-electron chi connectivity index (χ4n) is 5.61. The van der Waals surface area contributed by atoms with Gasteiger partial charge in [0.05, 0.1) is 12.8 Å². The maximum Gasteiger partial charge on any atom is 0.225 e. The summed E-state index contributed by atoms with van der Waals surface area (Å²) in [7, 11) is 1.74. The number of carbonyl (C=O) groups excluding carboxylic acids is 1. The molecule has 0 atom stereocenters. The summed E-state index contributed by atoms with van der Waals surface area (Å²) >= 11 is 0. The Morgan fingerprint density at radius 1 is 1.00 bits per heavy atom. The molecule has 0 spiro atoms. The van der Waals surface area contributed by atoms with Gasteiger partial charge in [0.1, 0.15) is 11.4 Å². The number of rotatable bonds is 6. The van der Waals surface area contributed by atoms with E-state index < -0.39 is 0 Å². The number of aromatic nitrogens is 2. The summed E-state index contributed by atoms with van der Waals surface area (Å²) in [6, 6.07) is 10.8. The molecule has 1 amide bonds. The number of pyridine rings is 1. The van der Waals surface area contributed by atoms with Crippen molar-refractivity contribution in [2.24, 2.45) is 5.92 Å². The first-order chi connectivity index (χ1) is 17.6. The highest BCUT2D eigenvalue weighted by molar-refractivity contribution is 5.94. The molecule has 2 aromatic heterocycles. The van der Waals surface area contributed by atoms with Crippen molar-refractivity contribution in [2.45, 2.75) is 19.8 Å². The number of H-pyrrole nitrogens is 1. The number of hydrogen-bond acceptors (Lipinski definition) is 6. The van der Waals surface area contributed by atoms with Crippen LogP contribution in [0.5, 0.6) is 5.75 Å². The molecule has 1 saturated carbocycles. The van der Waals surface area contributed by atoms with E-state index in [1.54, 1.807) is 7.11 Å². The highest BCUT2D eigenvalue weighted by atomic mass is 16.5. The summed E-state index contributed by atoms with van der Waals surface area (Å²) in [5.41, 5.74) is 5.30. The Balaban J connectivity index is 1.23. The number of amides is 1. The van der Waals surface area contributed by atoms with Gasteiger partial charge in [0.2, 0.25) is 5.91 Å². The fourth-order valence-corrected chi connectivity index (χ4v) is 5.61. The molecule has 2 aliphatic heterocycles. The van der Waals surface area contributed by atoms with Gasteiger partial charge in [-0.2, -0.15) is 0 Å². The number of nitrogens with zero attached hydrogens (tertiary/aromatic N) is 5. The van der Waals surface area contributed by atoms with Crippen LogP contribution in [0.15, 0.2) is 36.5 Å². The molecule has 4 heterocycles. The van der Waals surface area contributed by atoms with Crippen LogP contribution < -0.4 is 14.5 Å². The molecule has 3 fully saturated rings. The summed E-state index contributed by atoms with van der Waals surface area (Å²) < 4.78 is 5.85. The van der Waals surface area contributed by atoms with Gasteiger partial charge in [-0.05, 0) is 43.7 Å². The molecule has 2 saturated heterocycles. The van der Waals surface area contributed by atoms with Crippen molar-refractivity contribution in [3.8, 4) is 17.0 Å². The predicted molar refractivity (Wildman–Crippen MR) is 144 cm³/mol. The molecule has 3 aliphatic rings.